The fraction of sp³-hybridized carbons (Fsp3) is 0.556. The zero-order valence-electron chi connectivity index (χ0n) is 8.44. The Bertz CT molecular complexity index is 375. The number of thiophene rings is 1. The lowest BCUT2D eigenvalue weighted by Gasteiger charge is -2.12. The molecule has 0 aliphatic rings. The van der Waals surface area contributed by atoms with Crippen molar-refractivity contribution in [3.8, 4) is 0 Å². The monoisotopic (exact) mass is 311 g/mol. The number of hydrogen-bond acceptors (Lipinski definition) is 3. The van der Waals surface area contributed by atoms with E-state index in [0.29, 0.717) is 4.21 Å². The van der Waals surface area contributed by atoms with Crippen LogP contribution in [0.2, 0.25) is 0 Å². The van der Waals surface area contributed by atoms with Crippen molar-refractivity contribution in [1.29, 1.82) is 0 Å². The Morgan fingerprint density at radius 2 is 2.33 bits per heavy atom. The van der Waals surface area contributed by atoms with Crippen LogP contribution in [0.1, 0.15) is 19.8 Å². The molecule has 0 aromatic carbocycles. The molecule has 0 amide bonds. The molecule has 1 heterocycles. The molecule has 0 spiro atoms. The number of hydrogen-bond donors (Lipinski definition) is 1. The van der Waals surface area contributed by atoms with Crippen molar-refractivity contribution < 1.29 is 8.42 Å². The highest BCUT2D eigenvalue weighted by Crippen LogP contribution is 2.16. The summed E-state index contributed by atoms with van der Waals surface area (Å²) in [6.07, 6.45) is 1.81. The standard InChI is InChI=1S/C9H14BrNO2S2/c1-8(4-2-6-10)11-15(12,13)9-5-3-7-14-9/h3,5,7-8,11H,2,4,6H2,1H3. The average molecular weight is 312 g/mol. The lowest BCUT2D eigenvalue weighted by molar-refractivity contribution is 0.547. The molecular formula is C9H14BrNO2S2. The molecule has 1 unspecified atom stereocenters. The first-order valence-electron chi connectivity index (χ1n) is 4.68. The van der Waals surface area contributed by atoms with E-state index in [-0.39, 0.29) is 6.04 Å². The molecular weight excluding hydrogens is 298 g/mol. The van der Waals surface area contributed by atoms with Gasteiger partial charge in [0, 0.05) is 11.4 Å². The molecule has 1 aromatic rings. The number of sulfonamides is 1. The molecule has 0 aliphatic heterocycles. The van der Waals surface area contributed by atoms with Crippen LogP contribution in [0.5, 0.6) is 0 Å². The van der Waals surface area contributed by atoms with Gasteiger partial charge in [0.2, 0.25) is 10.0 Å². The van der Waals surface area contributed by atoms with Gasteiger partial charge < -0.3 is 0 Å². The minimum Gasteiger partial charge on any atom is -0.208 e. The molecule has 1 aromatic heterocycles. The van der Waals surface area contributed by atoms with Crippen molar-refractivity contribution in [2.45, 2.75) is 30.0 Å². The maximum Gasteiger partial charge on any atom is 0.250 e. The Hall–Kier alpha value is 0.0900. The Balaban J connectivity index is 2.57. The average Bonchev–Trinajstić information content (AvgIpc) is 2.67. The highest BCUT2D eigenvalue weighted by Gasteiger charge is 2.17. The normalized spacial score (nSPS) is 14.0. The second kappa shape index (κ2) is 5.98. The van der Waals surface area contributed by atoms with Gasteiger partial charge in [-0.3, -0.25) is 0 Å². The zero-order chi connectivity index (χ0) is 11.3. The molecule has 0 fully saturated rings. The van der Waals surface area contributed by atoms with Gasteiger partial charge in [-0.15, -0.1) is 11.3 Å². The van der Waals surface area contributed by atoms with Crippen LogP contribution in [0.25, 0.3) is 0 Å². The Morgan fingerprint density at radius 1 is 1.60 bits per heavy atom. The summed E-state index contributed by atoms with van der Waals surface area (Å²) in [7, 11) is -3.29. The summed E-state index contributed by atoms with van der Waals surface area (Å²) in [5, 5.41) is 2.66. The van der Waals surface area contributed by atoms with Crippen LogP contribution in [0.4, 0.5) is 0 Å². The summed E-state index contributed by atoms with van der Waals surface area (Å²) in [5.74, 6) is 0. The van der Waals surface area contributed by atoms with Crippen LogP contribution in [-0.4, -0.2) is 19.8 Å². The van der Waals surface area contributed by atoms with Gasteiger partial charge in [-0.25, -0.2) is 13.1 Å². The van der Waals surface area contributed by atoms with E-state index in [2.05, 4.69) is 20.7 Å². The van der Waals surface area contributed by atoms with E-state index < -0.39 is 10.0 Å². The number of alkyl halides is 1. The van der Waals surface area contributed by atoms with Gasteiger partial charge in [0.1, 0.15) is 4.21 Å². The van der Waals surface area contributed by atoms with Gasteiger partial charge in [-0.2, -0.15) is 0 Å². The fourth-order valence-electron chi connectivity index (χ4n) is 1.18. The van der Waals surface area contributed by atoms with Crippen molar-refractivity contribution in [1.82, 2.24) is 4.72 Å². The van der Waals surface area contributed by atoms with E-state index in [1.807, 2.05) is 6.92 Å². The Kier molecular flexibility index (Phi) is 5.25. The first-order chi connectivity index (χ1) is 7.06. The highest BCUT2D eigenvalue weighted by molar-refractivity contribution is 9.09. The third kappa shape index (κ3) is 4.22. The Morgan fingerprint density at radius 3 is 2.87 bits per heavy atom. The largest absolute Gasteiger partial charge is 0.250 e. The summed E-state index contributed by atoms with van der Waals surface area (Å²) >= 11 is 4.56. The highest BCUT2D eigenvalue weighted by atomic mass is 79.9. The molecule has 0 saturated carbocycles. The molecule has 1 N–H and O–H groups in total. The summed E-state index contributed by atoms with van der Waals surface area (Å²) in [4.78, 5) is 0. The molecule has 0 saturated heterocycles. The molecule has 86 valence electrons. The summed E-state index contributed by atoms with van der Waals surface area (Å²) in [5.41, 5.74) is 0. The summed E-state index contributed by atoms with van der Waals surface area (Å²) in [6, 6.07) is 3.33. The summed E-state index contributed by atoms with van der Waals surface area (Å²) in [6.45, 7) is 1.88. The van der Waals surface area contributed by atoms with Crippen LogP contribution >= 0.6 is 27.3 Å². The van der Waals surface area contributed by atoms with Gasteiger partial charge in [0.25, 0.3) is 0 Å². The second-order valence-corrected chi connectivity index (χ2v) is 6.97. The molecule has 6 heteroatoms. The van der Waals surface area contributed by atoms with Gasteiger partial charge in [0.05, 0.1) is 0 Å². The van der Waals surface area contributed by atoms with Crippen molar-refractivity contribution >= 4 is 37.3 Å². The lowest BCUT2D eigenvalue weighted by atomic mass is 10.2. The second-order valence-electron chi connectivity index (χ2n) is 3.29. The molecule has 3 nitrogen and oxygen atoms in total. The third-order valence-electron chi connectivity index (χ3n) is 1.89. The fourth-order valence-corrected chi connectivity index (χ4v) is 3.79. The molecule has 0 radical (unpaired) electrons. The van der Waals surface area contributed by atoms with Crippen LogP contribution in [0, 0.1) is 0 Å². The number of nitrogens with one attached hydrogen (secondary N) is 1. The summed E-state index contributed by atoms with van der Waals surface area (Å²) < 4.78 is 26.5. The predicted octanol–water partition coefficient (Wildman–Crippen LogP) is 2.59. The van der Waals surface area contributed by atoms with Crippen molar-refractivity contribution in [2.75, 3.05) is 5.33 Å². The molecule has 1 rings (SSSR count). The third-order valence-corrected chi connectivity index (χ3v) is 5.43. The maximum atomic E-state index is 11.8. The van der Waals surface area contributed by atoms with E-state index in [4.69, 9.17) is 0 Å². The van der Waals surface area contributed by atoms with Crippen LogP contribution in [-0.2, 0) is 10.0 Å². The predicted molar refractivity (Wildman–Crippen MR) is 67.1 cm³/mol. The molecule has 15 heavy (non-hydrogen) atoms. The van der Waals surface area contributed by atoms with Crippen LogP contribution < -0.4 is 4.72 Å². The van der Waals surface area contributed by atoms with Gasteiger partial charge in [-0.1, -0.05) is 22.0 Å². The quantitative estimate of drug-likeness (QED) is 0.821. The van der Waals surface area contributed by atoms with E-state index in [0.717, 1.165) is 18.2 Å². The van der Waals surface area contributed by atoms with Gasteiger partial charge >= 0.3 is 0 Å². The smallest absolute Gasteiger partial charge is 0.208 e. The minimum atomic E-state index is -3.29. The lowest BCUT2D eigenvalue weighted by Crippen LogP contribution is -2.32. The topological polar surface area (TPSA) is 46.2 Å². The van der Waals surface area contributed by atoms with E-state index in [1.54, 1.807) is 17.5 Å². The van der Waals surface area contributed by atoms with Gasteiger partial charge in [-0.05, 0) is 31.2 Å². The van der Waals surface area contributed by atoms with Crippen molar-refractivity contribution in [3.63, 3.8) is 0 Å². The molecule has 0 bridgehead atoms. The van der Waals surface area contributed by atoms with E-state index in [9.17, 15) is 8.42 Å². The Labute approximate surface area is 103 Å². The number of rotatable bonds is 6. The minimum absolute atomic E-state index is 0.0188. The van der Waals surface area contributed by atoms with Crippen LogP contribution in [0.15, 0.2) is 21.7 Å². The first-order valence-corrected chi connectivity index (χ1v) is 8.16. The van der Waals surface area contributed by atoms with E-state index >= 15 is 0 Å². The molecule has 0 aliphatic carbocycles. The van der Waals surface area contributed by atoms with E-state index in [1.165, 1.54) is 11.3 Å². The van der Waals surface area contributed by atoms with Crippen molar-refractivity contribution in [3.05, 3.63) is 17.5 Å². The SMILES string of the molecule is CC(CCCBr)NS(=O)(=O)c1cccs1. The van der Waals surface area contributed by atoms with Crippen LogP contribution in [0.3, 0.4) is 0 Å². The molecule has 1 atom stereocenters. The van der Waals surface area contributed by atoms with Crippen molar-refractivity contribution in [2.24, 2.45) is 0 Å². The van der Waals surface area contributed by atoms with Gasteiger partial charge in [0.15, 0.2) is 0 Å². The number of halogens is 1. The maximum absolute atomic E-state index is 11.8. The first kappa shape index (κ1) is 13.2. The zero-order valence-corrected chi connectivity index (χ0v) is 11.7.